The monoisotopic (exact) mass is 494 g/mol. The van der Waals surface area contributed by atoms with Gasteiger partial charge in [-0.15, -0.1) is 0 Å². The third-order valence-corrected chi connectivity index (χ3v) is 6.15. The van der Waals surface area contributed by atoms with Gasteiger partial charge < -0.3 is 15.0 Å². The zero-order valence-electron chi connectivity index (χ0n) is 20.5. The predicted molar refractivity (Wildman–Crippen MR) is 137 cm³/mol. The fourth-order valence-electron chi connectivity index (χ4n) is 4.32. The van der Waals surface area contributed by atoms with Crippen LogP contribution >= 0.6 is 11.6 Å². The number of hydrogen-bond acceptors (Lipinski definition) is 4. The molecule has 0 spiro atoms. The SMILES string of the molecule is Cc1cccc(-n2ncc(C(=O)Nc3cccc(Cl)c3)c2C2CCN(C(=O)OC(C)(C)C)CC2)c1. The Morgan fingerprint density at radius 1 is 1.09 bits per heavy atom. The van der Waals surface area contributed by atoms with E-state index < -0.39 is 5.60 Å². The van der Waals surface area contributed by atoms with Gasteiger partial charge in [-0.3, -0.25) is 4.79 Å². The normalized spacial score (nSPS) is 14.6. The van der Waals surface area contributed by atoms with E-state index in [-0.39, 0.29) is 17.9 Å². The van der Waals surface area contributed by atoms with E-state index in [9.17, 15) is 9.59 Å². The van der Waals surface area contributed by atoms with E-state index in [1.165, 1.54) is 0 Å². The summed E-state index contributed by atoms with van der Waals surface area (Å²) >= 11 is 6.10. The highest BCUT2D eigenvalue weighted by Crippen LogP contribution is 2.33. The molecule has 2 aromatic carbocycles. The molecule has 0 saturated carbocycles. The van der Waals surface area contributed by atoms with Crippen LogP contribution in [0.4, 0.5) is 10.5 Å². The lowest BCUT2D eigenvalue weighted by Crippen LogP contribution is -2.41. The molecule has 2 heterocycles. The van der Waals surface area contributed by atoms with Gasteiger partial charge in [-0.05, 0) is 76.4 Å². The second kappa shape index (κ2) is 10.1. The van der Waals surface area contributed by atoms with Crippen LogP contribution in [0.25, 0.3) is 5.69 Å². The minimum absolute atomic E-state index is 0.0526. The van der Waals surface area contributed by atoms with Crippen LogP contribution in [0.1, 0.15) is 61.1 Å². The van der Waals surface area contributed by atoms with Gasteiger partial charge in [0, 0.05) is 29.7 Å². The molecule has 1 fully saturated rings. The van der Waals surface area contributed by atoms with E-state index in [0.717, 1.165) is 16.9 Å². The van der Waals surface area contributed by atoms with Gasteiger partial charge in [0.1, 0.15) is 5.60 Å². The third-order valence-electron chi connectivity index (χ3n) is 5.91. The van der Waals surface area contributed by atoms with Crippen molar-refractivity contribution in [3.63, 3.8) is 0 Å². The minimum Gasteiger partial charge on any atom is -0.444 e. The zero-order chi connectivity index (χ0) is 25.2. The second-order valence-electron chi connectivity index (χ2n) is 9.90. The highest BCUT2D eigenvalue weighted by molar-refractivity contribution is 6.31. The first-order valence-corrected chi connectivity index (χ1v) is 12.2. The largest absolute Gasteiger partial charge is 0.444 e. The van der Waals surface area contributed by atoms with Gasteiger partial charge in [-0.2, -0.15) is 5.10 Å². The summed E-state index contributed by atoms with van der Waals surface area (Å²) in [5.41, 5.74) is 3.45. The molecule has 0 unspecified atom stereocenters. The molecule has 3 aromatic rings. The van der Waals surface area contributed by atoms with Crippen molar-refractivity contribution >= 4 is 29.3 Å². The number of anilines is 1. The van der Waals surface area contributed by atoms with Gasteiger partial charge in [0.25, 0.3) is 5.91 Å². The molecule has 0 bridgehead atoms. The van der Waals surface area contributed by atoms with E-state index in [2.05, 4.69) is 10.4 Å². The molecular formula is C27H31ClN4O3. The number of nitrogens with zero attached hydrogens (tertiary/aromatic N) is 3. The highest BCUT2D eigenvalue weighted by atomic mass is 35.5. The number of aromatic nitrogens is 2. The first kappa shape index (κ1) is 24.8. The van der Waals surface area contributed by atoms with Gasteiger partial charge in [0.05, 0.1) is 23.1 Å². The Labute approximate surface area is 211 Å². The maximum Gasteiger partial charge on any atom is 0.410 e. The number of halogens is 1. The van der Waals surface area contributed by atoms with Crippen molar-refractivity contribution in [1.82, 2.24) is 14.7 Å². The molecular weight excluding hydrogens is 464 g/mol. The molecule has 4 rings (SSSR count). The molecule has 0 aliphatic carbocycles. The number of carbonyl (C=O) groups excluding carboxylic acids is 2. The molecule has 1 N–H and O–H groups in total. The lowest BCUT2D eigenvalue weighted by Gasteiger charge is -2.34. The van der Waals surface area contributed by atoms with E-state index >= 15 is 0 Å². The lowest BCUT2D eigenvalue weighted by atomic mass is 9.90. The summed E-state index contributed by atoms with van der Waals surface area (Å²) in [6, 6.07) is 15.1. The molecule has 8 heteroatoms. The molecule has 1 aromatic heterocycles. The maximum absolute atomic E-state index is 13.3. The molecule has 1 saturated heterocycles. The number of carbonyl (C=O) groups is 2. The van der Waals surface area contributed by atoms with Gasteiger partial charge in [0.15, 0.2) is 0 Å². The van der Waals surface area contributed by atoms with Crippen LogP contribution < -0.4 is 5.32 Å². The predicted octanol–water partition coefficient (Wildman–Crippen LogP) is 6.20. The third kappa shape index (κ3) is 6.03. The maximum atomic E-state index is 13.3. The van der Waals surface area contributed by atoms with Gasteiger partial charge >= 0.3 is 6.09 Å². The van der Waals surface area contributed by atoms with Crippen LogP contribution in [0.5, 0.6) is 0 Å². The fraction of sp³-hybridized carbons (Fsp3) is 0.370. The minimum atomic E-state index is -0.538. The van der Waals surface area contributed by atoms with Crippen LogP contribution in [0, 0.1) is 6.92 Å². The van der Waals surface area contributed by atoms with Crippen LogP contribution in [0.3, 0.4) is 0 Å². The standard InChI is InChI=1S/C27H31ClN4O3/c1-18-7-5-10-22(15-18)32-24(19-11-13-31(14-12-19)26(34)35-27(2,3)4)23(17-29-32)25(33)30-21-9-6-8-20(28)16-21/h5-10,15-17,19H,11-14H2,1-4H3,(H,30,33). The molecule has 7 nitrogen and oxygen atoms in total. The Hall–Kier alpha value is -3.32. The van der Waals surface area contributed by atoms with Crippen LogP contribution in [-0.4, -0.2) is 45.4 Å². The topological polar surface area (TPSA) is 76.5 Å². The number of rotatable bonds is 4. The molecule has 1 aliphatic heterocycles. The Morgan fingerprint density at radius 2 is 1.80 bits per heavy atom. The van der Waals surface area contributed by atoms with Crippen molar-refractivity contribution in [3.8, 4) is 5.69 Å². The lowest BCUT2D eigenvalue weighted by molar-refractivity contribution is 0.0203. The second-order valence-corrected chi connectivity index (χ2v) is 10.3. The summed E-state index contributed by atoms with van der Waals surface area (Å²) < 4.78 is 7.40. The van der Waals surface area contributed by atoms with E-state index in [0.29, 0.717) is 42.2 Å². The number of piperidine rings is 1. The van der Waals surface area contributed by atoms with Crippen molar-refractivity contribution in [1.29, 1.82) is 0 Å². The van der Waals surface area contributed by atoms with Crippen LogP contribution in [0.2, 0.25) is 5.02 Å². The number of amides is 2. The molecule has 0 radical (unpaired) electrons. The van der Waals surface area contributed by atoms with Gasteiger partial charge in [-0.25, -0.2) is 9.48 Å². The number of likely N-dealkylation sites (tertiary alicyclic amines) is 1. The highest BCUT2D eigenvalue weighted by Gasteiger charge is 2.32. The molecule has 184 valence electrons. The number of nitrogens with one attached hydrogen (secondary N) is 1. The van der Waals surface area contributed by atoms with E-state index in [1.54, 1.807) is 35.4 Å². The Kier molecular flexibility index (Phi) is 7.17. The number of benzene rings is 2. The molecule has 35 heavy (non-hydrogen) atoms. The van der Waals surface area contributed by atoms with E-state index in [1.807, 2.05) is 56.6 Å². The quantitative estimate of drug-likeness (QED) is 0.468. The average Bonchev–Trinajstić information content (AvgIpc) is 3.23. The average molecular weight is 495 g/mol. The van der Waals surface area contributed by atoms with Crippen molar-refractivity contribution in [3.05, 3.63) is 76.6 Å². The smallest absolute Gasteiger partial charge is 0.410 e. The number of ether oxygens (including phenoxy) is 1. The summed E-state index contributed by atoms with van der Waals surface area (Å²) in [6.45, 7) is 8.72. The van der Waals surface area contributed by atoms with Crippen molar-refractivity contribution in [2.24, 2.45) is 0 Å². The van der Waals surface area contributed by atoms with Crippen LogP contribution in [-0.2, 0) is 4.74 Å². The number of hydrogen-bond donors (Lipinski definition) is 1. The number of aryl methyl sites for hydroxylation is 1. The first-order valence-electron chi connectivity index (χ1n) is 11.8. The summed E-state index contributed by atoms with van der Waals surface area (Å²) in [5.74, 6) is -0.187. The first-order chi connectivity index (χ1) is 16.6. The van der Waals surface area contributed by atoms with Crippen LogP contribution in [0.15, 0.2) is 54.7 Å². The zero-order valence-corrected chi connectivity index (χ0v) is 21.3. The van der Waals surface area contributed by atoms with Gasteiger partial charge in [0.2, 0.25) is 0 Å². The van der Waals surface area contributed by atoms with E-state index in [4.69, 9.17) is 16.3 Å². The molecule has 2 amide bonds. The molecule has 1 aliphatic rings. The Balaban J connectivity index is 1.62. The van der Waals surface area contributed by atoms with Gasteiger partial charge in [-0.1, -0.05) is 29.8 Å². The summed E-state index contributed by atoms with van der Waals surface area (Å²) in [5, 5.41) is 8.11. The fourth-order valence-corrected chi connectivity index (χ4v) is 4.51. The Morgan fingerprint density at radius 3 is 2.46 bits per heavy atom. The van der Waals surface area contributed by atoms with Crippen molar-refractivity contribution < 1.29 is 14.3 Å². The van der Waals surface area contributed by atoms with Crippen molar-refractivity contribution in [2.75, 3.05) is 18.4 Å². The molecule has 0 atom stereocenters. The summed E-state index contributed by atoms with van der Waals surface area (Å²) in [6.07, 6.45) is 2.72. The van der Waals surface area contributed by atoms with Crippen molar-refractivity contribution in [2.45, 2.75) is 52.1 Å². The summed E-state index contributed by atoms with van der Waals surface area (Å²) in [7, 11) is 0. The summed E-state index contributed by atoms with van der Waals surface area (Å²) in [4.78, 5) is 27.6. The Bertz CT molecular complexity index is 1220.